The smallest absolute Gasteiger partial charge is 0.124 e. The van der Waals surface area contributed by atoms with Gasteiger partial charge in [0.15, 0.2) is 0 Å². The van der Waals surface area contributed by atoms with Gasteiger partial charge in [0, 0.05) is 10.6 Å². The first kappa shape index (κ1) is 15.0. The second-order valence-corrected chi connectivity index (χ2v) is 5.58. The summed E-state index contributed by atoms with van der Waals surface area (Å²) in [6, 6.07) is 11.6. The summed E-state index contributed by atoms with van der Waals surface area (Å²) in [5.74, 6) is 0.864. The number of methoxy groups -OCH3 is 1. The van der Waals surface area contributed by atoms with Crippen molar-refractivity contribution in [3.63, 3.8) is 0 Å². The average molecular weight is 310 g/mol. The third-order valence-electron chi connectivity index (χ3n) is 3.16. The first-order valence-corrected chi connectivity index (χ1v) is 7.13. The highest BCUT2D eigenvalue weighted by Gasteiger charge is 2.13. The van der Waals surface area contributed by atoms with E-state index < -0.39 is 0 Å². The lowest BCUT2D eigenvalue weighted by atomic mass is 10.0. The Hall–Kier alpha value is -1.38. The Morgan fingerprint density at radius 1 is 1.10 bits per heavy atom. The van der Waals surface area contributed by atoms with Gasteiger partial charge in [0.05, 0.1) is 23.9 Å². The number of anilines is 1. The minimum atomic E-state index is 0.0570. The molecule has 2 nitrogen and oxygen atoms in total. The van der Waals surface area contributed by atoms with Gasteiger partial charge in [-0.15, -0.1) is 0 Å². The second-order valence-electron chi connectivity index (χ2n) is 4.74. The van der Waals surface area contributed by atoms with E-state index in [1.54, 1.807) is 19.2 Å². The molecular weight excluding hydrogens is 293 g/mol. The fraction of sp³-hybridized carbons (Fsp3) is 0.250. The summed E-state index contributed by atoms with van der Waals surface area (Å²) in [6.45, 7) is 4.10. The van der Waals surface area contributed by atoms with Crippen LogP contribution in [-0.2, 0) is 0 Å². The van der Waals surface area contributed by atoms with Crippen LogP contribution in [0.5, 0.6) is 5.75 Å². The third kappa shape index (κ3) is 3.38. The van der Waals surface area contributed by atoms with Crippen molar-refractivity contribution < 1.29 is 4.74 Å². The Bertz CT molecular complexity index is 613. The molecule has 2 aromatic rings. The van der Waals surface area contributed by atoms with E-state index >= 15 is 0 Å². The van der Waals surface area contributed by atoms with Gasteiger partial charge in [-0.3, -0.25) is 0 Å². The number of aryl methyl sites for hydroxylation is 1. The zero-order chi connectivity index (χ0) is 14.7. The van der Waals surface area contributed by atoms with Gasteiger partial charge in [-0.05, 0) is 43.7 Å². The molecule has 0 heterocycles. The molecule has 2 rings (SSSR count). The van der Waals surface area contributed by atoms with Gasteiger partial charge < -0.3 is 10.1 Å². The molecule has 0 amide bonds. The van der Waals surface area contributed by atoms with Crippen molar-refractivity contribution in [1.82, 2.24) is 0 Å². The zero-order valence-corrected chi connectivity index (χ0v) is 13.2. The van der Waals surface area contributed by atoms with Crippen LogP contribution in [-0.4, -0.2) is 7.11 Å². The molecule has 0 saturated carbocycles. The summed E-state index contributed by atoms with van der Waals surface area (Å²) in [4.78, 5) is 0. The molecule has 0 aliphatic rings. The van der Waals surface area contributed by atoms with Gasteiger partial charge in [-0.1, -0.05) is 35.3 Å². The van der Waals surface area contributed by atoms with Crippen LogP contribution in [0.15, 0.2) is 36.4 Å². The van der Waals surface area contributed by atoms with Crippen LogP contribution >= 0.6 is 23.2 Å². The lowest BCUT2D eigenvalue weighted by Gasteiger charge is -2.19. The Labute approximate surface area is 129 Å². The number of benzene rings is 2. The molecular formula is C16H17Cl2NO. The zero-order valence-electron chi connectivity index (χ0n) is 11.7. The maximum Gasteiger partial charge on any atom is 0.124 e. The second kappa shape index (κ2) is 6.38. The summed E-state index contributed by atoms with van der Waals surface area (Å²) in [5.41, 5.74) is 3.06. The highest BCUT2D eigenvalue weighted by molar-refractivity contribution is 6.35. The Morgan fingerprint density at radius 3 is 2.55 bits per heavy atom. The Balaban J connectivity index is 2.28. The van der Waals surface area contributed by atoms with Crippen LogP contribution in [0.3, 0.4) is 0 Å². The van der Waals surface area contributed by atoms with E-state index in [9.17, 15) is 0 Å². The van der Waals surface area contributed by atoms with Gasteiger partial charge in [-0.25, -0.2) is 0 Å². The molecule has 4 heteroatoms. The van der Waals surface area contributed by atoms with Crippen LogP contribution in [0.1, 0.15) is 24.1 Å². The summed E-state index contributed by atoms with van der Waals surface area (Å²) in [5, 5.41) is 4.66. The average Bonchev–Trinajstić information content (AvgIpc) is 2.42. The highest BCUT2D eigenvalue weighted by atomic mass is 35.5. The highest BCUT2D eigenvalue weighted by Crippen LogP contribution is 2.32. The van der Waals surface area contributed by atoms with Crippen molar-refractivity contribution in [2.75, 3.05) is 12.4 Å². The van der Waals surface area contributed by atoms with Gasteiger partial charge >= 0.3 is 0 Å². The Morgan fingerprint density at radius 2 is 1.85 bits per heavy atom. The van der Waals surface area contributed by atoms with Crippen LogP contribution in [0, 0.1) is 6.92 Å². The van der Waals surface area contributed by atoms with E-state index in [1.165, 1.54) is 5.56 Å². The molecule has 1 unspecified atom stereocenters. The summed E-state index contributed by atoms with van der Waals surface area (Å²) >= 11 is 12.2. The van der Waals surface area contributed by atoms with Crippen LogP contribution < -0.4 is 10.1 Å². The molecule has 0 radical (unpaired) electrons. The van der Waals surface area contributed by atoms with Gasteiger partial charge in [0.2, 0.25) is 0 Å². The van der Waals surface area contributed by atoms with Gasteiger partial charge in [-0.2, -0.15) is 0 Å². The molecule has 0 aliphatic heterocycles. The standard InChI is InChI=1S/C16H17Cl2NO/c1-10-4-6-13(16(8-10)20-3)11(2)19-15-9-12(17)5-7-14(15)18/h4-9,11,19H,1-3H3. The number of rotatable bonds is 4. The maximum absolute atomic E-state index is 6.17. The van der Waals surface area contributed by atoms with Gasteiger partial charge in [0.1, 0.15) is 5.75 Å². The van der Waals surface area contributed by atoms with Gasteiger partial charge in [0.25, 0.3) is 0 Å². The molecule has 106 valence electrons. The molecule has 0 aliphatic carbocycles. The molecule has 1 N–H and O–H groups in total. The predicted octanol–water partition coefficient (Wildman–Crippen LogP) is 5.48. The fourth-order valence-corrected chi connectivity index (χ4v) is 2.44. The normalized spacial score (nSPS) is 12.1. The number of nitrogens with one attached hydrogen (secondary N) is 1. The molecule has 2 aromatic carbocycles. The molecule has 0 spiro atoms. The van der Waals surface area contributed by atoms with E-state index in [0.717, 1.165) is 17.0 Å². The number of ether oxygens (including phenoxy) is 1. The monoisotopic (exact) mass is 309 g/mol. The number of hydrogen-bond donors (Lipinski definition) is 1. The molecule has 0 fully saturated rings. The van der Waals surface area contributed by atoms with Crippen molar-refractivity contribution in [3.8, 4) is 5.75 Å². The van der Waals surface area contributed by atoms with E-state index in [1.807, 2.05) is 19.1 Å². The molecule has 0 aromatic heterocycles. The van der Waals surface area contributed by atoms with Crippen molar-refractivity contribution >= 4 is 28.9 Å². The lowest BCUT2D eigenvalue weighted by molar-refractivity contribution is 0.407. The first-order chi connectivity index (χ1) is 9.51. The molecule has 0 saturated heterocycles. The molecule has 1 atom stereocenters. The largest absolute Gasteiger partial charge is 0.496 e. The minimum absolute atomic E-state index is 0.0570. The minimum Gasteiger partial charge on any atom is -0.496 e. The molecule has 20 heavy (non-hydrogen) atoms. The lowest BCUT2D eigenvalue weighted by Crippen LogP contribution is -2.08. The number of hydrogen-bond acceptors (Lipinski definition) is 2. The van der Waals surface area contributed by atoms with Crippen molar-refractivity contribution in [1.29, 1.82) is 0 Å². The van der Waals surface area contributed by atoms with E-state index in [0.29, 0.717) is 10.0 Å². The van der Waals surface area contributed by atoms with E-state index in [-0.39, 0.29) is 6.04 Å². The third-order valence-corrected chi connectivity index (χ3v) is 3.72. The van der Waals surface area contributed by atoms with Crippen molar-refractivity contribution in [2.24, 2.45) is 0 Å². The van der Waals surface area contributed by atoms with E-state index in [2.05, 4.69) is 24.4 Å². The molecule has 0 bridgehead atoms. The fourth-order valence-electron chi connectivity index (χ4n) is 2.10. The van der Waals surface area contributed by atoms with Crippen molar-refractivity contribution in [3.05, 3.63) is 57.6 Å². The Kier molecular flexibility index (Phi) is 4.79. The quantitative estimate of drug-likeness (QED) is 0.807. The predicted molar refractivity (Wildman–Crippen MR) is 86.2 cm³/mol. The van der Waals surface area contributed by atoms with Crippen molar-refractivity contribution in [2.45, 2.75) is 19.9 Å². The topological polar surface area (TPSA) is 21.3 Å². The SMILES string of the molecule is COc1cc(C)ccc1C(C)Nc1cc(Cl)ccc1Cl. The van der Waals surface area contributed by atoms with E-state index in [4.69, 9.17) is 27.9 Å². The summed E-state index contributed by atoms with van der Waals surface area (Å²) in [7, 11) is 1.68. The summed E-state index contributed by atoms with van der Waals surface area (Å²) in [6.07, 6.45) is 0. The maximum atomic E-state index is 6.17. The van der Waals surface area contributed by atoms with Crippen LogP contribution in [0.25, 0.3) is 0 Å². The summed E-state index contributed by atoms with van der Waals surface area (Å²) < 4.78 is 5.44. The van der Waals surface area contributed by atoms with Crippen LogP contribution in [0.2, 0.25) is 10.0 Å². The van der Waals surface area contributed by atoms with Crippen LogP contribution in [0.4, 0.5) is 5.69 Å². The first-order valence-electron chi connectivity index (χ1n) is 6.37. The number of halogens is 2.